The summed E-state index contributed by atoms with van der Waals surface area (Å²) in [5.74, 6) is -1.06. The molecule has 2 aromatic rings. The van der Waals surface area contributed by atoms with Crippen LogP contribution in [0.4, 0.5) is 20.3 Å². The maximum absolute atomic E-state index is 13.2. The monoisotopic (exact) mass is 396 g/mol. The molecular weight excluding hydrogens is 378 g/mol. The summed E-state index contributed by atoms with van der Waals surface area (Å²) in [6, 6.07) is 5.04. The number of pyridine rings is 1. The maximum atomic E-state index is 13.2. The highest BCUT2D eigenvalue weighted by Crippen LogP contribution is 2.27. The number of hydrogen-bond acceptors (Lipinski definition) is 5. The van der Waals surface area contributed by atoms with Gasteiger partial charge >= 0.3 is 0 Å². The van der Waals surface area contributed by atoms with Gasteiger partial charge in [0.1, 0.15) is 22.3 Å². The van der Waals surface area contributed by atoms with Gasteiger partial charge in [-0.05, 0) is 43.0 Å². The largest absolute Gasteiger partial charge is 0.361 e. The molecule has 0 atom stereocenters. The first-order valence-electron chi connectivity index (χ1n) is 8.27. The fraction of sp³-hybridized carbons (Fsp3) is 0.294. The van der Waals surface area contributed by atoms with Gasteiger partial charge in [-0.15, -0.1) is 0 Å². The molecule has 3 rings (SSSR count). The molecule has 1 aromatic heterocycles. The lowest BCUT2D eigenvalue weighted by Gasteiger charge is -2.10. The summed E-state index contributed by atoms with van der Waals surface area (Å²) < 4.78 is 53.0. The summed E-state index contributed by atoms with van der Waals surface area (Å²) in [5, 5.41) is 5.58. The Balaban J connectivity index is 1.58. The number of anilines is 2. The van der Waals surface area contributed by atoms with Crippen molar-refractivity contribution in [2.45, 2.75) is 17.7 Å². The van der Waals surface area contributed by atoms with Crippen molar-refractivity contribution in [3.63, 3.8) is 0 Å². The Bertz CT molecular complexity index is 911. The number of amides is 1. The molecule has 0 saturated heterocycles. The smallest absolute Gasteiger partial charge is 0.263 e. The molecule has 1 saturated carbocycles. The van der Waals surface area contributed by atoms with E-state index in [0.717, 1.165) is 31.2 Å². The summed E-state index contributed by atoms with van der Waals surface area (Å²) >= 11 is 0. The predicted molar refractivity (Wildman–Crippen MR) is 95.6 cm³/mol. The Hall–Kier alpha value is -2.75. The number of carbonyl (C=O) groups excluding carboxylic acids is 1. The van der Waals surface area contributed by atoms with Crippen LogP contribution in [0.2, 0.25) is 0 Å². The summed E-state index contributed by atoms with van der Waals surface area (Å²) in [4.78, 5) is 15.4. The van der Waals surface area contributed by atoms with Gasteiger partial charge in [-0.2, -0.15) is 0 Å². The highest BCUT2D eigenvalue weighted by Gasteiger charge is 2.21. The Labute approximate surface area is 155 Å². The van der Waals surface area contributed by atoms with Crippen molar-refractivity contribution in [1.29, 1.82) is 0 Å². The Morgan fingerprint density at radius 2 is 1.85 bits per heavy atom. The molecule has 27 heavy (non-hydrogen) atoms. The molecule has 3 N–H and O–H groups in total. The molecule has 144 valence electrons. The van der Waals surface area contributed by atoms with E-state index >= 15 is 0 Å². The summed E-state index contributed by atoms with van der Waals surface area (Å²) in [5.41, 5.74) is -0.234. The fourth-order valence-corrected chi connectivity index (χ4v) is 3.27. The highest BCUT2D eigenvalue weighted by atomic mass is 32.2. The van der Waals surface area contributed by atoms with Crippen LogP contribution < -0.4 is 15.4 Å². The molecule has 0 bridgehead atoms. The molecule has 0 spiro atoms. The molecule has 1 aliphatic rings. The van der Waals surface area contributed by atoms with Gasteiger partial charge in [0, 0.05) is 18.8 Å². The van der Waals surface area contributed by atoms with E-state index in [9.17, 15) is 22.0 Å². The molecule has 7 nitrogen and oxygen atoms in total. The second kappa shape index (κ2) is 7.87. The number of carbonyl (C=O) groups is 1. The van der Waals surface area contributed by atoms with Crippen molar-refractivity contribution < 1.29 is 22.0 Å². The van der Waals surface area contributed by atoms with Gasteiger partial charge in [0.15, 0.2) is 0 Å². The van der Waals surface area contributed by atoms with Gasteiger partial charge in [-0.25, -0.2) is 22.2 Å². The standard InChI is InChI=1S/C17H18F2N4O3S/c18-12-5-13(19)7-14(6-12)23-27(25,26)15-3-4-16(20-9-15)21-10-17(24)22-8-11-1-2-11/h3-7,9,11,23H,1-2,8,10H2,(H,20,21)(H,22,24). The molecule has 1 heterocycles. The van der Waals surface area contributed by atoms with Crippen molar-refractivity contribution in [3.05, 3.63) is 48.2 Å². The van der Waals surface area contributed by atoms with E-state index in [-0.39, 0.29) is 23.0 Å². The zero-order valence-corrected chi connectivity index (χ0v) is 15.0. The van der Waals surface area contributed by atoms with Crippen molar-refractivity contribution >= 4 is 27.4 Å². The van der Waals surface area contributed by atoms with Gasteiger partial charge in [0.25, 0.3) is 10.0 Å². The van der Waals surface area contributed by atoms with Crippen LogP contribution in [0.3, 0.4) is 0 Å². The zero-order valence-electron chi connectivity index (χ0n) is 14.2. The lowest BCUT2D eigenvalue weighted by Crippen LogP contribution is -2.31. The van der Waals surface area contributed by atoms with E-state index in [2.05, 4.69) is 20.3 Å². The number of nitrogens with zero attached hydrogens (tertiary/aromatic N) is 1. The van der Waals surface area contributed by atoms with Crippen LogP contribution in [-0.4, -0.2) is 32.4 Å². The van der Waals surface area contributed by atoms with Crippen LogP contribution in [0.5, 0.6) is 0 Å². The average Bonchev–Trinajstić information content (AvgIpc) is 3.41. The molecule has 0 aliphatic heterocycles. The molecule has 0 unspecified atom stereocenters. The van der Waals surface area contributed by atoms with E-state index in [0.29, 0.717) is 24.3 Å². The van der Waals surface area contributed by atoms with E-state index in [4.69, 9.17) is 0 Å². The predicted octanol–water partition coefficient (Wildman–Crippen LogP) is 2.10. The number of hydrogen-bond donors (Lipinski definition) is 3. The lowest BCUT2D eigenvalue weighted by molar-refractivity contribution is -0.119. The van der Waals surface area contributed by atoms with Crippen LogP contribution in [0.15, 0.2) is 41.4 Å². The van der Waals surface area contributed by atoms with Crippen molar-refractivity contribution in [3.8, 4) is 0 Å². The minimum absolute atomic E-state index is 0.0205. The third-order valence-electron chi connectivity index (χ3n) is 3.88. The van der Waals surface area contributed by atoms with Gasteiger partial charge in [-0.1, -0.05) is 0 Å². The normalized spacial score (nSPS) is 13.9. The van der Waals surface area contributed by atoms with Crippen LogP contribution in [0.25, 0.3) is 0 Å². The first-order valence-corrected chi connectivity index (χ1v) is 9.76. The number of benzene rings is 1. The first-order chi connectivity index (χ1) is 12.8. The number of rotatable bonds is 8. The maximum Gasteiger partial charge on any atom is 0.263 e. The number of sulfonamides is 1. The lowest BCUT2D eigenvalue weighted by atomic mass is 10.3. The zero-order chi connectivity index (χ0) is 19.4. The third kappa shape index (κ3) is 5.61. The Kier molecular flexibility index (Phi) is 5.54. The molecule has 1 amide bonds. The third-order valence-corrected chi connectivity index (χ3v) is 5.24. The summed E-state index contributed by atoms with van der Waals surface area (Å²) in [6.45, 7) is 0.685. The van der Waals surface area contributed by atoms with Gasteiger partial charge in [0.05, 0.1) is 12.2 Å². The molecule has 10 heteroatoms. The van der Waals surface area contributed by atoms with Crippen molar-refractivity contribution in [2.24, 2.45) is 5.92 Å². The molecular formula is C17H18F2N4O3S. The minimum Gasteiger partial charge on any atom is -0.361 e. The molecule has 0 radical (unpaired) electrons. The number of aromatic nitrogens is 1. The first kappa shape index (κ1) is 19.0. The van der Waals surface area contributed by atoms with Gasteiger partial charge in [-0.3, -0.25) is 9.52 Å². The molecule has 1 fully saturated rings. The van der Waals surface area contributed by atoms with Crippen LogP contribution in [0, 0.1) is 17.6 Å². The summed E-state index contributed by atoms with van der Waals surface area (Å²) in [6.07, 6.45) is 3.37. The van der Waals surface area contributed by atoms with Crippen LogP contribution in [-0.2, 0) is 14.8 Å². The van der Waals surface area contributed by atoms with Crippen molar-refractivity contribution in [1.82, 2.24) is 10.3 Å². The molecule has 1 aromatic carbocycles. The van der Waals surface area contributed by atoms with E-state index in [1.165, 1.54) is 12.1 Å². The minimum atomic E-state index is -4.06. The SMILES string of the molecule is O=C(CNc1ccc(S(=O)(=O)Nc2cc(F)cc(F)c2)cn1)NCC1CC1. The fourth-order valence-electron chi connectivity index (χ4n) is 2.28. The topological polar surface area (TPSA) is 100 Å². The Morgan fingerprint density at radius 3 is 2.44 bits per heavy atom. The van der Waals surface area contributed by atoms with Gasteiger partial charge in [0.2, 0.25) is 5.91 Å². The molecule has 1 aliphatic carbocycles. The van der Waals surface area contributed by atoms with Crippen LogP contribution >= 0.6 is 0 Å². The second-order valence-corrected chi connectivity index (χ2v) is 7.93. The Morgan fingerprint density at radius 1 is 1.15 bits per heavy atom. The average molecular weight is 396 g/mol. The van der Waals surface area contributed by atoms with E-state index in [1.807, 2.05) is 0 Å². The number of nitrogens with one attached hydrogen (secondary N) is 3. The summed E-state index contributed by atoms with van der Waals surface area (Å²) in [7, 11) is -4.06. The highest BCUT2D eigenvalue weighted by molar-refractivity contribution is 7.92. The van der Waals surface area contributed by atoms with Gasteiger partial charge < -0.3 is 10.6 Å². The van der Waals surface area contributed by atoms with Crippen LogP contribution in [0.1, 0.15) is 12.8 Å². The quantitative estimate of drug-likeness (QED) is 0.635. The number of halogens is 2. The van der Waals surface area contributed by atoms with E-state index < -0.39 is 21.7 Å². The van der Waals surface area contributed by atoms with E-state index in [1.54, 1.807) is 0 Å². The second-order valence-electron chi connectivity index (χ2n) is 6.24. The van der Waals surface area contributed by atoms with Crippen molar-refractivity contribution in [2.75, 3.05) is 23.1 Å².